The third-order valence-corrected chi connectivity index (χ3v) is 7.32. The highest BCUT2D eigenvalue weighted by Crippen LogP contribution is 2.36. The van der Waals surface area contributed by atoms with Gasteiger partial charge < -0.3 is 15.5 Å². The molecule has 1 aliphatic heterocycles. The minimum absolute atomic E-state index is 0.0473. The number of carbonyl (C=O) groups excluding carboxylic acids is 2. The molecule has 2 aromatic rings. The highest BCUT2D eigenvalue weighted by atomic mass is 32.1. The van der Waals surface area contributed by atoms with E-state index in [0.717, 1.165) is 49.4 Å². The summed E-state index contributed by atoms with van der Waals surface area (Å²) in [5.74, 6) is 0.427. The molecule has 2 N–H and O–H groups in total. The number of nitrogens with one attached hydrogen (secondary N) is 2. The summed E-state index contributed by atoms with van der Waals surface area (Å²) in [6.45, 7) is 4.32. The third-order valence-electron chi connectivity index (χ3n) is 6.16. The second-order valence-corrected chi connectivity index (χ2v) is 9.36. The van der Waals surface area contributed by atoms with Crippen LogP contribution in [0.5, 0.6) is 0 Å². The first-order valence-corrected chi connectivity index (χ1v) is 11.9. The van der Waals surface area contributed by atoms with Crippen LogP contribution in [0.2, 0.25) is 0 Å². The number of hydrogen-bond donors (Lipinski definition) is 2. The normalized spacial score (nSPS) is 19.5. The Labute approximate surface area is 186 Å². The van der Waals surface area contributed by atoms with E-state index in [2.05, 4.69) is 25.6 Å². The summed E-state index contributed by atoms with van der Waals surface area (Å²) in [5.41, 5.74) is 1.86. The lowest BCUT2D eigenvalue weighted by atomic mass is 9.95. The van der Waals surface area contributed by atoms with Crippen LogP contribution in [0.3, 0.4) is 0 Å². The van der Waals surface area contributed by atoms with Gasteiger partial charge in [-0.1, -0.05) is 30.6 Å². The van der Waals surface area contributed by atoms with Gasteiger partial charge in [-0.05, 0) is 39.5 Å². The molecule has 8 nitrogen and oxygen atoms in total. The Kier molecular flexibility index (Phi) is 6.50. The zero-order valence-corrected chi connectivity index (χ0v) is 19.2. The molecule has 1 aliphatic carbocycles. The van der Waals surface area contributed by atoms with Gasteiger partial charge >= 0.3 is 0 Å². The first-order valence-electron chi connectivity index (χ1n) is 11.1. The summed E-state index contributed by atoms with van der Waals surface area (Å²) in [6.07, 6.45) is 8.83. The molecule has 2 aliphatic rings. The Morgan fingerprint density at radius 2 is 1.87 bits per heavy atom. The molecular formula is C22H30N6O2S. The van der Waals surface area contributed by atoms with Gasteiger partial charge in [-0.3, -0.25) is 9.59 Å². The van der Waals surface area contributed by atoms with E-state index in [1.807, 2.05) is 18.7 Å². The summed E-state index contributed by atoms with van der Waals surface area (Å²) >= 11 is 1.36. The molecule has 0 aromatic carbocycles. The summed E-state index contributed by atoms with van der Waals surface area (Å²) in [7, 11) is 1.80. The van der Waals surface area contributed by atoms with E-state index in [-0.39, 0.29) is 23.9 Å². The molecule has 1 saturated heterocycles. The predicted molar refractivity (Wildman–Crippen MR) is 121 cm³/mol. The fourth-order valence-corrected chi connectivity index (χ4v) is 5.43. The maximum absolute atomic E-state index is 13.4. The molecule has 166 valence electrons. The van der Waals surface area contributed by atoms with E-state index in [0.29, 0.717) is 28.5 Å². The molecule has 1 saturated carbocycles. The van der Waals surface area contributed by atoms with Crippen molar-refractivity contribution in [3.63, 3.8) is 0 Å². The van der Waals surface area contributed by atoms with Crippen LogP contribution in [0.25, 0.3) is 0 Å². The fourth-order valence-electron chi connectivity index (χ4n) is 4.55. The number of nitrogens with zero attached hydrogens (tertiary/aromatic N) is 4. The molecule has 0 unspecified atom stereocenters. The van der Waals surface area contributed by atoms with E-state index >= 15 is 0 Å². The number of thiazole rings is 1. The monoisotopic (exact) mass is 442 g/mol. The molecule has 1 atom stereocenters. The molecule has 0 spiro atoms. The number of rotatable bonds is 5. The molecule has 4 rings (SSSR count). The largest absolute Gasteiger partial charge is 0.365 e. The summed E-state index contributed by atoms with van der Waals surface area (Å²) < 4.78 is 0. The first kappa shape index (κ1) is 21.7. The van der Waals surface area contributed by atoms with Crippen LogP contribution in [-0.4, -0.2) is 51.3 Å². The van der Waals surface area contributed by atoms with Crippen LogP contribution < -0.4 is 10.6 Å². The molecule has 2 amide bonds. The standard InChI is InChI=1S/C22H30N6O2S/c1-13-19(31-22(23-3)25-13)21(30)28-11-7-10-17(28)18-16(12-24-14(2)26-18)20(29)27-15-8-5-4-6-9-15/h12,15,17H,4-11H2,1-3H3,(H,23,25)(H,27,29)/t17-/m0/s1. The van der Waals surface area contributed by atoms with Gasteiger partial charge in [0, 0.05) is 25.8 Å². The highest BCUT2D eigenvalue weighted by Gasteiger charge is 2.36. The fraction of sp³-hybridized carbons (Fsp3) is 0.591. The van der Waals surface area contributed by atoms with Crippen LogP contribution in [0.4, 0.5) is 5.13 Å². The molecular weight excluding hydrogens is 412 g/mol. The number of hydrogen-bond acceptors (Lipinski definition) is 7. The van der Waals surface area contributed by atoms with Gasteiger partial charge in [0.25, 0.3) is 11.8 Å². The van der Waals surface area contributed by atoms with Crippen molar-refractivity contribution in [1.29, 1.82) is 0 Å². The first-order chi connectivity index (χ1) is 15.0. The van der Waals surface area contributed by atoms with E-state index in [9.17, 15) is 9.59 Å². The van der Waals surface area contributed by atoms with Crippen LogP contribution in [0.15, 0.2) is 6.20 Å². The molecule has 2 fully saturated rings. The second-order valence-electron chi connectivity index (χ2n) is 8.36. The molecule has 31 heavy (non-hydrogen) atoms. The van der Waals surface area contributed by atoms with Gasteiger partial charge in [0.15, 0.2) is 5.13 Å². The second kappa shape index (κ2) is 9.30. The smallest absolute Gasteiger partial charge is 0.266 e. The third kappa shape index (κ3) is 4.56. The van der Waals surface area contributed by atoms with Gasteiger partial charge in [0.05, 0.1) is 23.0 Å². The van der Waals surface area contributed by atoms with Crippen molar-refractivity contribution in [2.45, 2.75) is 70.9 Å². The topological polar surface area (TPSA) is 100 Å². The Hall–Kier alpha value is -2.55. The minimum atomic E-state index is -0.235. The molecule has 3 heterocycles. The lowest BCUT2D eigenvalue weighted by Crippen LogP contribution is -2.38. The molecule has 2 aromatic heterocycles. The number of amides is 2. The van der Waals surface area contributed by atoms with Crippen molar-refractivity contribution in [3.05, 3.63) is 33.8 Å². The number of likely N-dealkylation sites (tertiary alicyclic amines) is 1. The average molecular weight is 443 g/mol. The number of aromatic nitrogens is 3. The van der Waals surface area contributed by atoms with Crippen molar-refractivity contribution in [1.82, 2.24) is 25.2 Å². The Bertz CT molecular complexity index is 969. The number of anilines is 1. The quantitative estimate of drug-likeness (QED) is 0.733. The van der Waals surface area contributed by atoms with Crippen LogP contribution >= 0.6 is 11.3 Å². The summed E-state index contributed by atoms with van der Waals surface area (Å²) in [5, 5.41) is 6.91. The van der Waals surface area contributed by atoms with Gasteiger partial charge in [-0.15, -0.1) is 0 Å². The van der Waals surface area contributed by atoms with Gasteiger partial charge in [0.2, 0.25) is 0 Å². The zero-order valence-electron chi connectivity index (χ0n) is 18.4. The van der Waals surface area contributed by atoms with Crippen molar-refractivity contribution in [3.8, 4) is 0 Å². The maximum atomic E-state index is 13.4. The molecule has 0 bridgehead atoms. The molecule has 9 heteroatoms. The van der Waals surface area contributed by atoms with E-state index in [4.69, 9.17) is 0 Å². The van der Waals surface area contributed by atoms with E-state index < -0.39 is 0 Å². The van der Waals surface area contributed by atoms with Crippen molar-refractivity contribution in [2.75, 3.05) is 18.9 Å². The van der Waals surface area contributed by atoms with Crippen molar-refractivity contribution < 1.29 is 9.59 Å². The van der Waals surface area contributed by atoms with E-state index in [1.54, 1.807) is 13.2 Å². The Balaban J connectivity index is 1.61. The van der Waals surface area contributed by atoms with Crippen LogP contribution in [0, 0.1) is 13.8 Å². The van der Waals surface area contributed by atoms with Gasteiger partial charge in [-0.25, -0.2) is 15.0 Å². The van der Waals surface area contributed by atoms with Gasteiger partial charge in [-0.2, -0.15) is 0 Å². The summed E-state index contributed by atoms with van der Waals surface area (Å²) in [6, 6.07) is -0.0302. The number of aryl methyl sites for hydroxylation is 2. The van der Waals surface area contributed by atoms with Crippen LogP contribution in [0.1, 0.15) is 88.2 Å². The van der Waals surface area contributed by atoms with Gasteiger partial charge in [0.1, 0.15) is 10.7 Å². The Morgan fingerprint density at radius 3 is 2.58 bits per heavy atom. The Morgan fingerprint density at radius 1 is 1.10 bits per heavy atom. The molecule has 0 radical (unpaired) electrons. The minimum Gasteiger partial charge on any atom is -0.365 e. The lowest BCUT2D eigenvalue weighted by molar-refractivity contribution is 0.0732. The average Bonchev–Trinajstić information content (AvgIpc) is 3.40. The van der Waals surface area contributed by atoms with E-state index in [1.165, 1.54) is 17.8 Å². The van der Waals surface area contributed by atoms with Crippen molar-refractivity contribution >= 4 is 28.3 Å². The summed E-state index contributed by atoms with van der Waals surface area (Å²) in [4.78, 5) is 42.4. The SMILES string of the molecule is CNc1nc(C)c(C(=O)N2CCC[C@H]2c2nc(C)ncc2C(=O)NC2CCCCC2)s1. The maximum Gasteiger partial charge on any atom is 0.266 e. The predicted octanol–water partition coefficient (Wildman–Crippen LogP) is 3.63. The van der Waals surface area contributed by atoms with Crippen molar-refractivity contribution in [2.24, 2.45) is 0 Å². The zero-order chi connectivity index (χ0) is 22.0. The highest BCUT2D eigenvalue weighted by molar-refractivity contribution is 7.17. The van der Waals surface area contributed by atoms with Crippen LogP contribution in [-0.2, 0) is 0 Å². The number of carbonyl (C=O) groups is 2. The lowest BCUT2D eigenvalue weighted by Gasteiger charge is -2.27.